The summed E-state index contributed by atoms with van der Waals surface area (Å²) in [4.78, 5) is 16.9. The molecule has 0 aliphatic heterocycles. The van der Waals surface area contributed by atoms with Crippen molar-refractivity contribution in [1.82, 2.24) is 14.9 Å². The Kier molecular flexibility index (Phi) is 8.67. The molecule has 4 heteroatoms. The maximum atomic E-state index is 12.0. The normalized spacial score (nSPS) is 11.3. The lowest BCUT2D eigenvalue weighted by molar-refractivity contribution is -0.116. The van der Waals surface area contributed by atoms with E-state index in [1.165, 1.54) is 16.9 Å². The summed E-state index contributed by atoms with van der Waals surface area (Å²) in [7, 11) is 0. The van der Waals surface area contributed by atoms with Crippen molar-refractivity contribution in [3.05, 3.63) is 108 Å². The van der Waals surface area contributed by atoms with Gasteiger partial charge in [0.25, 0.3) is 0 Å². The zero-order valence-corrected chi connectivity index (χ0v) is 19.7. The lowest BCUT2D eigenvalue weighted by Gasteiger charge is -2.10. The third-order valence-electron chi connectivity index (χ3n) is 6.03. The number of unbranched alkanes of at least 4 members (excludes halogenated alkanes) is 2. The van der Waals surface area contributed by atoms with Gasteiger partial charge in [-0.05, 0) is 55.0 Å². The van der Waals surface area contributed by atoms with Crippen LogP contribution < -0.4 is 5.32 Å². The fourth-order valence-corrected chi connectivity index (χ4v) is 4.24. The van der Waals surface area contributed by atoms with E-state index < -0.39 is 0 Å². The number of hydrogen-bond acceptors (Lipinski definition) is 2. The number of carbonyl (C=O) groups is 1. The maximum Gasteiger partial charge on any atom is 0.243 e. The average Bonchev–Trinajstić information content (AvgIpc) is 3.23. The Morgan fingerprint density at radius 2 is 1.53 bits per heavy atom. The molecule has 4 rings (SSSR count). The van der Waals surface area contributed by atoms with Crippen LogP contribution in [-0.2, 0) is 24.2 Å². The molecule has 0 spiro atoms. The molecule has 0 aliphatic rings. The van der Waals surface area contributed by atoms with Gasteiger partial charge in [0.2, 0.25) is 5.91 Å². The van der Waals surface area contributed by atoms with Crippen molar-refractivity contribution in [1.29, 1.82) is 0 Å². The van der Waals surface area contributed by atoms with E-state index in [-0.39, 0.29) is 5.91 Å². The number of para-hydroxylation sites is 2. The van der Waals surface area contributed by atoms with E-state index in [0.717, 1.165) is 56.1 Å². The van der Waals surface area contributed by atoms with Crippen molar-refractivity contribution < 1.29 is 4.79 Å². The second-order valence-corrected chi connectivity index (χ2v) is 8.60. The Bertz CT molecular complexity index is 1200. The molecule has 0 aliphatic carbocycles. The zero-order valence-electron chi connectivity index (χ0n) is 19.7. The summed E-state index contributed by atoms with van der Waals surface area (Å²) in [6.07, 6.45) is 9.69. The van der Waals surface area contributed by atoms with Crippen molar-refractivity contribution in [2.24, 2.45) is 0 Å². The van der Waals surface area contributed by atoms with Crippen LogP contribution in [0.3, 0.4) is 0 Å². The molecule has 4 aromatic rings. The Balaban J connectivity index is 1.22. The highest BCUT2D eigenvalue weighted by molar-refractivity contribution is 5.91. The van der Waals surface area contributed by atoms with Gasteiger partial charge in [-0.1, -0.05) is 79.2 Å². The van der Waals surface area contributed by atoms with E-state index in [0.29, 0.717) is 6.54 Å². The predicted octanol–water partition coefficient (Wildman–Crippen LogP) is 6.21. The molecule has 0 atom stereocenters. The SMILES string of the molecule is O=C(/C=C/c1ccccc1)NCCCCCc1nc2ccccc2n1CCCc1ccccc1. The lowest BCUT2D eigenvalue weighted by atomic mass is 10.1. The fourth-order valence-electron chi connectivity index (χ4n) is 4.24. The minimum absolute atomic E-state index is 0.0379. The van der Waals surface area contributed by atoms with Gasteiger partial charge >= 0.3 is 0 Å². The van der Waals surface area contributed by atoms with Crippen LogP contribution >= 0.6 is 0 Å². The highest BCUT2D eigenvalue weighted by atomic mass is 16.1. The molecule has 0 saturated heterocycles. The number of imidazole rings is 1. The van der Waals surface area contributed by atoms with Crippen LogP contribution in [0.2, 0.25) is 0 Å². The smallest absolute Gasteiger partial charge is 0.243 e. The number of rotatable bonds is 12. The van der Waals surface area contributed by atoms with Gasteiger partial charge < -0.3 is 9.88 Å². The van der Waals surface area contributed by atoms with Gasteiger partial charge in [-0.15, -0.1) is 0 Å². The molecule has 174 valence electrons. The molecule has 34 heavy (non-hydrogen) atoms. The van der Waals surface area contributed by atoms with Crippen LogP contribution in [0.4, 0.5) is 0 Å². The van der Waals surface area contributed by atoms with Crippen molar-refractivity contribution in [3.63, 3.8) is 0 Å². The van der Waals surface area contributed by atoms with Crippen LogP contribution in [0.1, 0.15) is 42.6 Å². The third-order valence-corrected chi connectivity index (χ3v) is 6.03. The number of hydrogen-bond donors (Lipinski definition) is 1. The average molecular weight is 452 g/mol. The summed E-state index contributed by atoms with van der Waals surface area (Å²) in [6, 6.07) is 29.0. The summed E-state index contributed by atoms with van der Waals surface area (Å²) < 4.78 is 2.40. The molecule has 0 saturated carbocycles. The zero-order chi connectivity index (χ0) is 23.4. The Labute approximate surface area is 202 Å². The number of carbonyl (C=O) groups excluding carboxylic acids is 1. The first-order valence-corrected chi connectivity index (χ1v) is 12.3. The van der Waals surface area contributed by atoms with Crippen molar-refractivity contribution in [3.8, 4) is 0 Å². The Hall–Kier alpha value is -3.66. The summed E-state index contributed by atoms with van der Waals surface area (Å²) in [5.74, 6) is 1.13. The first kappa shape index (κ1) is 23.5. The number of nitrogens with one attached hydrogen (secondary N) is 1. The number of aromatic nitrogens is 2. The predicted molar refractivity (Wildman–Crippen MR) is 141 cm³/mol. The number of amides is 1. The molecule has 0 unspecified atom stereocenters. The highest BCUT2D eigenvalue weighted by Crippen LogP contribution is 2.19. The lowest BCUT2D eigenvalue weighted by Crippen LogP contribution is -2.22. The summed E-state index contributed by atoms with van der Waals surface area (Å²) in [5, 5.41) is 2.98. The molecular weight excluding hydrogens is 418 g/mol. The first-order chi connectivity index (χ1) is 16.8. The first-order valence-electron chi connectivity index (χ1n) is 12.3. The summed E-state index contributed by atoms with van der Waals surface area (Å²) in [5.41, 5.74) is 4.72. The number of nitrogens with zero attached hydrogens (tertiary/aromatic N) is 2. The topological polar surface area (TPSA) is 46.9 Å². The van der Waals surface area contributed by atoms with Crippen LogP contribution in [0.5, 0.6) is 0 Å². The Morgan fingerprint density at radius 1 is 0.794 bits per heavy atom. The van der Waals surface area contributed by atoms with Crippen molar-refractivity contribution >= 4 is 23.0 Å². The van der Waals surface area contributed by atoms with Gasteiger partial charge in [0.1, 0.15) is 5.82 Å². The molecule has 1 heterocycles. The van der Waals surface area contributed by atoms with E-state index >= 15 is 0 Å². The molecule has 1 N–H and O–H groups in total. The Morgan fingerprint density at radius 3 is 2.35 bits per heavy atom. The molecule has 0 radical (unpaired) electrons. The van der Waals surface area contributed by atoms with Gasteiger partial charge in [0.15, 0.2) is 0 Å². The van der Waals surface area contributed by atoms with E-state index in [1.807, 2.05) is 36.4 Å². The molecule has 3 aromatic carbocycles. The van der Waals surface area contributed by atoms with Crippen LogP contribution in [0.15, 0.2) is 91.0 Å². The standard InChI is InChI=1S/C30H33N3O/c34-30(22-21-26-15-6-2-7-16-26)31-23-11-3-8-20-29-32-27-18-9-10-19-28(27)33(29)24-12-17-25-13-4-1-5-14-25/h1-2,4-7,9-10,13-16,18-19,21-22H,3,8,11-12,17,20,23-24H2,(H,31,34)/b22-21+. The highest BCUT2D eigenvalue weighted by Gasteiger charge is 2.10. The van der Waals surface area contributed by atoms with E-state index in [9.17, 15) is 4.79 Å². The van der Waals surface area contributed by atoms with E-state index in [1.54, 1.807) is 6.08 Å². The van der Waals surface area contributed by atoms with E-state index in [4.69, 9.17) is 4.98 Å². The molecule has 1 amide bonds. The molecule has 4 nitrogen and oxygen atoms in total. The minimum Gasteiger partial charge on any atom is -0.353 e. The number of fused-ring (bicyclic) bond motifs is 1. The largest absolute Gasteiger partial charge is 0.353 e. The number of aryl methyl sites for hydroxylation is 3. The van der Waals surface area contributed by atoms with Crippen molar-refractivity contribution in [2.45, 2.75) is 45.1 Å². The fraction of sp³-hybridized carbons (Fsp3) is 0.267. The molecule has 0 bridgehead atoms. The van der Waals surface area contributed by atoms with Crippen molar-refractivity contribution in [2.75, 3.05) is 6.54 Å². The minimum atomic E-state index is -0.0379. The maximum absolute atomic E-state index is 12.0. The van der Waals surface area contributed by atoms with Gasteiger partial charge in [0, 0.05) is 25.6 Å². The molecule has 1 aromatic heterocycles. The quantitative estimate of drug-likeness (QED) is 0.206. The number of benzene rings is 3. The molecule has 0 fully saturated rings. The summed E-state index contributed by atoms with van der Waals surface area (Å²) >= 11 is 0. The third kappa shape index (κ3) is 6.92. The second kappa shape index (κ2) is 12.5. The van der Waals surface area contributed by atoms with E-state index in [2.05, 4.69) is 64.5 Å². The molecular formula is C30H33N3O. The van der Waals surface area contributed by atoms with Crippen LogP contribution in [0, 0.1) is 0 Å². The monoisotopic (exact) mass is 451 g/mol. The van der Waals surface area contributed by atoms with Gasteiger partial charge in [-0.25, -0.2) is 4.98 Å². The second-order valence-electron chi connectivity index (χ2n) is 8.60. The summed E-state index contributed by atoms with van der Waals surface area (Å²) in [6.45, 7) is 1.68. The van der Waals surface area contributed by atoms with Crippen LogP contribution in [-0.4, -0.2) is 22.0 Å². The van der Waals surface area contributed by atoms with Crippen LogP contribution in [0.25, 0.3) is 17.1 Å². The van der Waals surface area contributed by atoms with Gasteiger partial charge in [0.05, 0.1) is 11.0 Å². The van der Waals surface area contributed by atoms with Gasteiger partial charge in [-0.2, -0.15) is 0 Å². The van der Waals surface area contributed by atoms with Gasteiger partial charge in [-0.3, -0.25) is 4.79 Å².